The van der Waals surface area contributed by atoms with E-state index in [1.54, 1.807) is 14.2 Å². The van der Waals surface area contributed by atoms with E-state index in [0.29, 0.717) is 11.4 Å². The minimum atomic E-state index is 0.112. The number of rotatable bonds is 4. The van der Waals surface area contributed by atoms with Crippen LogP contribution in [0.4, 0.5) is 11.4 Å². The van der Waals surface area contributed by atoms with E-state index in [1.807, 2.05) is 36.4 Å². The van der Waals surface area contributed by atoms with Gasteiger partial charge in [-0.1, -0.05) is 19.1 Å². The van der Waals surface area contributed by atoms with Crippen LogP contribution in [0.2, 0.25) is 0 Å². The molecule has 0 atom stereocenters. The Morgan fingerprint density at radius 2 is 1.20 bits per heavy atom. The lowest BCUT2D eigenvalue weighted by Gasteiger charge is -2.19. The minimum Gasteiger partial charge on any atom is -0.496 e. The van der Waals surface area contributed by atoms with Crippen LogP contribution in [0.25, 0.3) is 0 Å². The molecule has 0 unspecified atom stereocenters. The molecular formula is C16H20N2O2. The maximum atomic E-state index is 5.80. The van der Waals surface area contributed by atoms with E-state index in [2.05, 4.69) is 6.92 Å². The summed E-state index contributed by atoms with van der Waals surface area (Å²) in [6.07, 6.45) is 0. The zero-order valence-electron chi connectivity index (χ0n) is 12.0. The predicted octanol–water partition coefficient (Wildman–Crippen LogP) is 3.02. The highest BCUT2D eigenvalue weighted by Crippen LogP contribution is 2.37. The fraction of sp³-hybridized carbons (Fsp3) is 0.250. The summed E-state index contributed by atoms with van der Waals surface area (Å²) in [5.41, 5.74) is 15.1. The number of anilines is 2. The number of nitrogens with two attached hydrogens (primary N) is 2. The van der Waals surface area contributed by atoms with Crippen molar-refractivity contribution in [2.75, 3.05) is 25.7 Å². The first kappa shape index (κ1) is 14.1. The molecule has 2 rings (SSSR count). The summed E-state index contributed by atoms with van der Waals surface area (Å²) in [5.74, 6) is 1.66. The zero-order valence-corrected chi connectivity index (χ0v) is 12.0. The van der Waals surface area contributed by atoms with Crippen molar-refractivity contribution in [3.8, 4) is 11.5 Å². The molecule has 106 valence electrons. The molecule has 0 spiro atoms. The van der Waals surface area contributed by atoms with Crippen LogP contribution in [0, 0.1) is 0 Å². The minimum absolute atomic E-state index is 0.112. The molecule has 0 aliphatic carbocycles. The third-order valence-electron chi connectivity index (χ3n) is 3.45. The Morgan fingerprint density at radius 1 is 0.800 bits per heavy atom. The lowest BCUT2D eigenvalue weighted by Crippen LogP contribution is -2.03. The second-order valence-corrected chi connectivity index (χ2v) is 4.72. The second kappa shape index (κ2) is 5.74. The Kier molecular flexibility index (Phi) is 4.03. The molecule has 0 aliphatic heterocycles. The summed E-state index contributed by atoms with van der Waals surface area (Å²) in [6.45, 7) is 2.10. The molecule has 0 saturated heterocycles. The van der Waals surface area contributed by atoms with Gasteiger partial charge in [0.2, 0.25) is 0 Å². The Balaban J connectivity index is 2.48. The van der Waals surface area contributed by atoms with Crippen molar-refractivity contribution in [3.63, 3.8) is 0 Å². The van der Waals surface area contributed by atoms with Gasteiger partial charge in [-0.15, -0.1) is 0 Å². The van der Waals surface area contributed by atoms with Crippen LogP contribution < -0.4 is 20.9 Å². The molecule has 0 radical (unpaired) electrons. The van der Waals surface area contributed by atoms with Crippen LogP contribution in [0.3, 0.4) is 0 Å². The third kappa shape index (κ3) is 2.64. The van der Waals surface area contributed by atoms with Crippen LogP contribution in [-0.4, -0.2) is 14.2 Å². The van der Waals surface area contributed by atoms with Crippen LogP contribution >= 0.6 is 0 Å². The fourth-order valence-corrected chi connectivity index (χ4v) is 2.34. The van der Waals surface area contributed by atoms with Gasteiger partial charge in [0.1, 0.15) is 11.5 Å². The van der Waals surface area contributed by atoms with Gasteiger partial charge in [-0.2, -0.15) is 0 Å². The average Bonchev–Trinajstić information content (AvgIpc) is 2.46. The molecule has 4 N–H and O–H groups in total. The van der Waals surface area contributed by atoms with Gasteiger partial charge in [0.05, 0.1) is 14.2 Å². The number of hydrogen-bond donors (Lipinski definition) is 2. The molecule has 4 heteroatoms. The summed E-state index contributed by atoms with van der Waals surface area (Å²) in [4.78, 5) is 0. The first-order valence-electron chi connectivity index (χ1n) is 6.43. The summed E-state index contributed by atoms with van der Waals surface area (Å²) in [5, 5.41) is 0. The lowest BCUT2D eigenvalue weighted by molar-refractivity contribution is 0.401. The summed E-state index contributed by atoms with van der Waals surface area (Å²) in [7, 11) is 3.29. The number of ether oxygens (including phenoxy) is 2. The van der Waals surface area contributed by atoms with Gasteiger partial charge in [0, 0.05) is 40.6 Å². The van der Waals surface area contributed by atoms with Gasteiger partial charge < -0.3 is 20.9 Å². The Labute approximate surface area is 119 Å². The van der Waals surface area contributed by atoms with Gasteiger partial charge in [0.25, 0.3) is 0 Å². The average molecular weight is 272 g/mol. The standard InChI is InChI=1S/C16H20N2O2/c1-10(13-6-4-11(17)8-15(13)19-2)14-7-5-12(18)9-16(14)20-3/h4-10H,17-18H2,1-3H3. The molecule has 2 aromatic carbocycles. The lowest BCUT2D eigenvalue weighted by atomic mass is 9.91. The van der Waals surface area contributed by atoms with Crippen molar-refractivity contribution < 1.29 is 9.47 Å². The highest BCUT2D eigenvalue weighted by atomic mass is 16.5. The molecule has 4 nitrogen and oxygen atoms in total. The molecule has 0 bridgehead atoms. The molecule has 2 aromatic rings. The molecule has 0 aromatic heterocycles. The fourth-order valence-electron chi connectivity index (χ4n) is 2.34. The predicted molar refractivity (Wildman–Crippen MR) is 82.3 cm³/mol. The number of benzene rings is 2. The van der Waals surface area contributed by atoms with Crippen molar-refractivity contribution >= 4 is 11.4 Å². The molecule has 0 amide bonds. The van der Waals surface area contributed by atoms with E-state index < -0.39 is 0 Å². The van der Waals surface area contributed by atoms with Crippen molar-refractivity contribution in [1.29, 1.82) is 0 Å². The van der Waals surface area contributed by atoms with Crippen LogP contribution in [0.15, 0.2) is 36.4 Å². The summed E-state index contributed by atoms with van der Waals surface area (Å²) < 4.78 is 10.8. The van der Waals surface area contributed by atoms with Crippen molar-refractivity contribution in [2.45, 2.75) is 12.8 Å². The van der Waals surface area contributed by atoms with Crippen LogP contribution in [0.5, 0.6) is 11.5 Å². The van der Waals surface area contributed by atoms with E-state index >= 15 is 0 Å². The van der Waals surface area contributed by atoms with E-state index in [4.69, 9.17) is 20.9 Å². The van der Waals surface area contributed by atoms with E-state index in [-0.39, 0.29) is 5.92 Å². The Morgan fingerprint density at radius 3 is 1.55 bits per heavy atom. The molecule has 0 saturated carbocycles. The molecular weight excluding hydrogens is 252 g/mol. The quantitative estimate of drug-likeness (QED) is 0.839. The van der Waals surface area contributed by atoms with E-state index in [1.165, 1.54) is 0 Å². The Bertz CT molecular complexity index is 558. The first-order chi connectivity index (χ1) is 9.56. The van der Waals surface area contributed by atoms with Gasteiger partial charge in [-0.3, -0.25) is 0 Å². The largest absolute Gasteiger partial charge is 0.496 e. The summed E-state index contributed by atoms with van der Waals surface area (Å²) >= 11 is 0. The SMILES string of the molecule is COc1cc(N)ccc1C(C)c1ccc(N)cc1OC. The van der Waals surface area contributed by atoms with Crippen molar-refractivity contribution in [2.24, 2.45) is 0 Å². The van der Waals surface area contributed by atoms with Gasteiger partial charge in [0.15, 0.2) is 0 Å². The third-order valence-corrected chi connectivity index (χ3v) is 3.45. The molecule has 0 fully saturated rings. The van der Waals surface area contributed by atoms with Crippen LogP contribution in [0.1, 0.15) is 24.0 Å². The molecule has 20 heavy (non-hydrogen) atoms. The number of hydrogen-bond acceptors (Lipinski definition) is 4. The molecule has 0 heterocycles. The topological polar surface area (TPSA) is 70.5 Å². The van der Waals surface area contributed by atoms with Gasteiger partial charge >= 0.3 is 0 Å². The normalized spacial score (nSPS) is 10.6. The van der Waals surface area contributed by atoms with Crippen LogP contribution in [-0.2, 0) is 0 Å². The van der Waals surface area contributed by atoms with Crippen molar-refractivity contribution in [3.05, 3.63) is 47.5 Å². The zero-order chi connectivity index (χ0) is 14.7. The monoisotopic (exact) mass is 272 g/mol. The maximum absolute atomic E-state index is 5.80. The smallest absolute Gasteiger partial charge is 0.124 e. The maximum Gasteiger partial charge on any atom is 0.124 e. The highest BCUT2D eigenvalue weighted by Gasteiger charge is 2.17. The molecule has 0 aliphatic rings. The summed E-state index contributed by atoms with van der Waals surface area (Å²) in [6, 6.07) is 11.4. The highest BCUT2D eigenvalue weighted by molar-refractivity contribution is 5.55. The van der Waals surface area contributed by atoms with Gasteiger partial charge in [-0.05, 0) is 12.1 Å². The Hall–Kier alpha value is -2.36. The van der Waals surface area contributed by atoms with E-state index in [0.717, 1.165) is 22.6 Å². The first-order valence-corrected chi connectivity index (χ1v) is 6.43. The number of methoxy groups -OCH3 is 2. The number of nitrogen functional groups attached to an aromatic ring is 2. The van der Waals surface area contributed by atoms with E-state index in [9.17, 15) is 0 Å². The van der Waals surface area contributed by atoms with Gasteiger partial charge in [-0.25, -0.2) is 0 Å². The van der Waals surface area contributed by atoms with Crippen molar-refractivity contribution in [1.82, 2.24) is 0 Å². The second-order valence-electron chi connectivity index (χ2n) is 4.72.